The Morgan fingerprint density at radius 1 is 1.02 bits per heavy atom. The molecule has 0 radical (unpaired) electrons. The number of carbonyl (C=O) groups excluding carboxylic acids is 4. The zero-order valence-corrected chi connectivity index (χ0v) is 24.3. The molecule has 4 amide bonds. The van der Waals surface area contributed by atoms with Gasteiger partial charge in [0.15, 0.2) is 5.78 Å². The lowest BCUT2D eigenvalue weighted by molar-refractivity contribution is -0.133. The van der Waals surface area contributed by atoms with Gasteiger partial charge in [-0.1, -0.05) is 31.1 Å². The van der Waals surface area contributed by atoms with Gasteiger partial charge in [0.25, 0.3) is 0 Å². The highest BCUT2D eigenvalue weighted by molar-refractivity contribution is 5.97. The van der Waals surface area contributed by atoms with Crippen molar-refractivity contribution in [2.24, 2.45) is 22.7 Å². The number of aliphatic hydroxyl groups is 1. The van der Waals surface area contributed by atoms with Gasteiger partial charge in [0, 0.05) is 36.0 Å². The SMILES string of the molecule is CC(C)C(NC(=O)COCCOCCOCCN=[N+]=[N-])C(=O)CC(CCCNC(N)=O)C(=O)Nc1ccc(CO)cc1. The number of ether oxygens (including phenoxy) is 3. The molecule has 6 N–H and O–H groups in total. The fourth-order valence-electron chi connectivity index (χ4n) is 3.78. The summed E-state index contributed by atoms with van der Waals surface area (Å²) < 4.78 is 15.9. The third kappa shape index (κ3) is 16.5. The number of Topliss-reactive ketones (excluding diaryl/α,β-unsaturated/α-hetero) is 1. The lowest BCUT2D eigenvalue weighted by Gasteiger charge is -2.24. The summed E-state index contributed by atoms with van der Waals surface area (Å²) in [6.45, 7) is 5.03. The predicted octanol–water partition coefficient (Wildman–Crippen LogP) is 1.64. The summed E-state index contributed by atoms with van der Waals surface area (Å²) in [5.41, 5.74) is 14.5. The molecule has 42 heavy (non-hydrogen) atoms. The van der Waals surface area contributed by atoms with Gasteiger partial charge < -0.3 is 41.0 Å². The minimum Gasteiger partial charge on any atom is -0.392 e. The first-order valence-electron chi connectivity index (χ1n) is 13.8. The van der Waals surface area contributed by atoms with E-state index in [4.69, 9.17) is 25.5 Å². The number of carbonyl (C=O) groups is 4. The third-order valence-electron chi connectivity index (χ3n) is 5.96. The molecule has 2 atom stereocenters. The van der Waals surface area contributed by atoms with Crippen molar-refractivity contribution in [2.45, 2.75) is 45.8 Å². The van der Waals surface area contributed by atoms with E-state index in [1.165, 1.54) is 0 Å². The average molecular weight is 594 g/mol. The molecule has 1 rings (SSSR count). The maximum atomic E-state index is 13.3. The van der Waals surface area contributed by atoms with Crippen molar-refractivity contribution in [3.05, 3.63) is 40.3 Å². The second-order valence-corrected chi connectivity index (χ2v) is 9.67. The highest BCUT2D eigenvalue weighted by Crippen LogP contribution is 2.19. The average Bonchev–Trinajstić information content (AvgIpc) is 2.96. The number of nitrogens with zero attached hydrogens (tertiary/aromatic N) is 3. The smallest absolute Gasteiger partial charge is 0.312 e. The molecular formula is C27H43N7O8. The number of nitrogens with two attached hydrogens (primary N) is 1. The van der Waals surface area contributed by atoms with E-state index in [0.29, 0.717) is 43.9 Å². The summed E-state index contributed by atoms with van der Waals surface area (Å²) in [4.78, 5) is 52.5. The Labute approximate surface area is 245 Å². The Morgan fingerprint density at radius 3 is 2.26 bits per heavy atom. The van der Waals surface area contributed by atoms with Gasteiger partial charge in [0.1, 0.15) is 6.61 Å². The molecular weight excluding hydrogens is 550 g/mol. The van der Waals surface area contributed by atoms with E-state index in [9.17, 15) is 24.3 Å². The monoisotopic (exact) mass is 593 g/mol. The van der Waals surface area contributed by atoms with Gasteiger partial charge in [-0.3, -0.25) is 14.4 Å². The number of primary amides is 1. The standard InChI is InChI=1S/C27H43N7O8/c1-19(2)25(33-24(37)18-42-15-14-41-13-12-40-11-10-31-34-29)23(36)16-21(4-3-9-30-27(28)39)26(38)32-22-7-5-20(17-35)6-8-22/h5-8,19,21,25,35H,3-4,9-18H2,1-2H3,(H,32,38)(H,33,37)(H3,28,30,39). The Morgan fingerprint density at radius 2 is 1.67 bits per heavy atom. The predicted molar refractivity (Wildman–Crippen MR) is 154 cm³/mol. The second-order valence-electron chi connectivity index (χ2n) is 9.67. The molecule has 1 aromatic rings. The summed E-state index contributed by atoms with van der Waals surface area (Å²) >= 11 is 0. The van der Waals surface area contributed by atoms with Crippen molar-refractivity contribution in [3.63, 3.8) is 0 Å². The van der Waals surface area contributed by atoms with E-state index in [0.717, 1.165) is 0 Å². The van der Waals surface area contributed by atoms with Crippen LogP contribution in [0.4, 0.5) is 10.5 Å². The quantitative estimate of drug-likeness (QED) is 0.0541. The third-order valence-corrected chi connectivity index (χ3v) is 5.96. The van der Waals surface area contributed by atoms with Crippen LogP contribution in [-0.4, -0.2) is 87.5 Å². The number of hydrogen-bond donors (Lipinski definition) is 5. The van der Waals surface area contributed by atoms with Crippen LogP contribution in [0.3, 0.4) is 0 Å². The molecule has 0 spiro atoms. The van der Waals surface area contributed by atoms with Crippen molar-refractivity contribution < 1.29 is 38.5 Å². The summed E-state index contributed by atoms with van der Waals surface area (Å²) in [6.07, 6.45) is 0.585. The van der Waals surface area contributed by atoms with Gasteiger partial charge >= 0.3 is 6.03 Å². The molecule has 0 saturated carbocycles. The van der Waals surface area contributed by atoms with Gasteiger partial charge in [0.05, 0.1) is 45.7 Å². The second kappa shape index (κ2) is 21.9. The van der Waals surface area contributed by atoms with E-state index in [1.54, 1.807) is 38.1 Å². The van der Waals surface area contributed by atoms with Crippen LogP contribution in [0.1, 0.15) is 38.7 Å². The number of amides is 4. The maximum Gasteiger partial charge on any atom is 0.312 e. The molecule has 0 aliphatic carbocycles. The van der Waals surface area contributed by atoms with E-state index < -0.39 is 23.9 Å². The number of aliphatic hydroxyl groups excluding tert-OH is 1. The molecule has 15 heteroatoms. The van der Waals surface area contributed by atoms with Crippen LogP contribution in [0.5, 0.6) is 0 Å². The fraction of sp³-hybridized carbons (Fsp3) is 0.630. The van der Waals surface area contributed by atoms with E-state index in [2.05, 4.69) is 26.0 Å². The first-order chi connectivity index (χ1) is 20.2. The van der Waals surface area contributed by atoms with E-state index in [-0.39, 0.29) is 63.5 Å². The Hall–Kier alpha value is -3.75. The molecule has 2 unspecified atom stereocenters. The molecule has 1 aromatic carbocycles. The molecule has 0 aromatic heterocycles. The first kappa shape index (κ1) is 36.3. The normalized spacial score (nSPS) is 12.2. The van der Waals surface area contributed by atoms with E-state index >= 15 is 0 Å². The van der Waals surface area contributed by atoms with Crippen molar-refractivity contribution in [2.75, 3.05) is 58.0 Å². The van der Waals surface area contributed by atoms with Crippen LogP contribution in [0.2, 0.25) is 0 Å². The number of anilines is 1. The molecule has 0 bridgehead atoms. The number of rotatable bonds is 23. The number of nitrogens with one attached hydrogen (secondary N) is 3. The van der Waals surface area contributed by atoms with Gasteiger partial charge in [-0.15, -0.1) is 0 Å². The summed E-state index contributed by atoms with van der Waals surface area (Å²) in [5.74, 6) is -2.12. The summed E-state index contributed by atoms with van der Waals surface area (Å²) in [7, 11) is 0. The minimum absolute atomic E-state index is 0.125. The lowest BCUT2D eigenvalue weighted by atomic mass is 9.89. The van der Waals surface area contributed by atoms with Crippen LogP contribution < -0.4 is 21.7 Å². The Kier molecular flexibility index (Phi) is 18.9. The summed E-state index contributed by atoms with van der Waals surface area (Å²) in [6, 6.07) is 5.15. The molecule has 0 fully saturated rings. The number of benzene rings is 1. The van der Waals surface area contributed by atoms with Gasteiger partial charge in [0.2, 0.25) is 11.8 Å². The highest BCUT2D eigenvalue weighted by atomic mass is 16.5. The van der Waals surface area contributed by atoms with Crippen LogP contribution in [0.15, 0.2) is 29.4 Å². The molecule has 0 aliphatic rings. The zero-order valence-electron chi connectivity index (χ0n) is 24.3. The number of ketones is 1. The van der Waals surface area contributed by atoms with Crippen molar-refractivity contribution in [3.8, 4) is 0 Å². The van der Waals surface area contributed by atoms with Crippen LogP contribution in [0, 0.1) is 11.8 Å². The molecule has 15 nitrogen and oxygen atoms in total. The van der Waals surface area contributed by atoms with Crippen LogP contribution >= 0.6 is 0 Å². The molecule has 0 saturated heterocycles. The number of hydrogen-bond acceptors (Lipinski definition) is 9. The first-order valence-corrected chi connectivity index (χ1v) is 13.8. The van der Waals surface area contributed by atoms with Crippen molar-refractivity contribution in [1.82, 2.24) is 10.6 Å². The van der Waals surface area contributed by atoms with Gasteiger partial charge in [-0.05, 0) is 42.0 Å². The minimum atomic E-state index is -0.831. The number of urea groups is 1. The van der Waals surface area contributed by atoms with Gasteiger partial charge in [-0.25, -0.2) is 4.79 Å². The topological polar surface area (TPSA) is 227 Å². The maximum absolute atomic E-state index is 13.3. The van der Waals surface area contributed by atoms with E-state index in [1.807, 2.05) is 0 Å². The van der Waals surface area contributed by atoms with Crippen LogP contribution in [0.25, 0.3) is 10.4 Å². The largest absolute Gasteiger partial charge is 0.392 e. The summed E-state index contributed by atoms with van der Waals surface area (Å²) in [5, 5.41) is 20.5. The van der Waals surface area contributed by atoms with Crippen molar-refractivity contribution >= 4 is 29.3 Å². The Balaban J connectivity index is 2.60. The van der Waals surface area contributed by atoms with Crippen molar-refractivity contribution in [1.29, 1.82) is 0 Å². The lowest BCUT2D eigenvalue weighted by Crippen LogP contribution is -2.47. The molecule has 0 aliphatic heterocycles. The van der Waals surface area contributed by atoms with Gasteiger partial charge in [-0.2, -0.15) is 0 Å². The highest BCUT2D eigenvalue weighted by Gasteiger charge is 2.29. The van der Waals surface area contributed by atoms with Crippen LogP contribution in [-0.2, 0) is 35.2 Å². The fourth-order valence-corrected chi connectivity index (χ4v) is 3.78. The molecule has 234 valence electrons. The molecule has 0 heterocycles. The number of azide groups is 1. The zero-order chi connectivity index (χ0) is 31.2. The Bertz CT molecular complexity index is 1020.